The van der Waals surface area contributed by atoms with Crippen LogP contribution in [0.1, 0.15) is 24.8 Å². The van der Waals surface area contributed by atoms with Gasteiger partial charge in [-0.3, -0.25) is 0 Å². The number of hydrogen-bond donors (Lipinski definition) is 1. The van der Waals surface area contributed by atoms with Gasteiger partial charge in [-0.25, -0.2) is 0 Å². The summed E-state index contributed by atoms with van der Waals surface area (Å²) in [5.41, 5.74) is 1.87. The molecular weight excluding hydrogens is 258 g/mol. The summed E-state index contributed by atoms with van der Waals surface area (Å²) in [5, 5.41) is 15.0. The Kier molecular flexibility index (Phi) is 4.08. The van der Waals surface area contributed by atoms with Crippen LogP contribution in [0, 0.1) is 11.3 Å². The minimum Gasteiger partial charge on any atom is -0.383 e. The highest BCUT2D eigenvalue weighted by Crippen LogP contribution is 2.27. The van der Waals surface area contributed by atoms with Crippen LogP contribution in [0.3, 0.4) is 0 Å². The first-order valence-corrected chi connectivity index (χ1v) is 7.65. The molecule has 0 aliphatic carbocycles. The van der Waals surface area contributed by atoms with Gasteiger partial charge in [0.05, 0.1) is 11.6 Å². The first kappa shape index (κ1) is 13.9. The van der Waals surface area contributed by atoms with Gasteiger partial charge in [0.2, 0.25) is 0 Å². The lowest BCUT2D eigenvalue weighted by molar-refractivity contribution is 0.195. The molecule has 0 bridgehead atoms. The van der Waals surface area contributed by atoms with Gasteiger partial charge in [-0.2, -0.15) is 5.26 Å². The fourth-order valence-corrected chi connectivity index (χ4v) is 3.18. The van der Waals surface area contributed by atoms with Crippen LogP contribution in [0.15, 0.2) is 36.4 Å². The summed E-state index contributed by atoms with van der Waals surface area (Å²) >= 11 is 0. The Morgan fingerprint density at radius 1 is 1.19 bits per heavy atom. The van der Waals surface area contributed by atoms with Gasteiger partial charge in [0.25, 0.3) is 0 Å². The molecule has 3 heteroatoms. The maximum absolute atomic E-state index is 9.22. The summed E-state index contributed by atoms with van der Waals surface area (Å²) in [6, 6.07) is 14.9. The molecule has 0 amide bonds. The lowest BCUT2D eigenvalue weighted by atomic mass is 10.0. The van der Waals surface area contributed by atoms with Gasteiger partial charge in [-0.1, -0.05) is 30.7 Å². The topological polar surface area (TPSA) is 39.1 Å². The summed E-state index contributed by atoms with van der Waals surface area (Å²) in [6.45, 7) is 2.16. The van der Waals surface area contributed by atoms with Crippen molar-refractivity contribution in [1.82, 2.24) is 4.90 Å². The monoisotopic (exact) mass is 279 g/mol. The van der Waals surface area contributed by atoms with Crippen molar-refractivity contribution in [3.05, 3.63) is 42.0 Å². The normalized spacial score (nSPS) is 19.3. The van der Waals surface area contributed by atoms with Crippen molar-refractivity contribution in [2.45, 2.75) is 25.3 Å². The molecule has 0 radical (unpaired) electrons. The number of nitrogens with one attached hydrogen (secondary N) is 1. The third-order valence-electron chi connectivity index (χ3n) is 4.49. The Bertz CT molecular complexity index is 672. The van der Waals surface area contributed by atoms with E-state index in [9.17, 15) is 5.26 Å². The van der Waals surface area contributed by atoms with Crippen molar-refractivity contribution in [3.8, 4) is 6.07 Å². The third-order valence-corrected chi connectivity index (χ3v) is 4.49. The maximum Gasteiger partial charge on any atom is 0.0998 e. The summed E-state index contributed by atoms with van der Waals surface area (Å²) in [4.78, 5) is 2.45. The van der Waals surface area contributed by atoms with Crippen LogP contribution in [0.2, 0.25) is 0 Å². The zero-order valence-electron chi connectivity index (χ0n) is 12.5. The Morgan fingerprint density at radius 2 is 2.00 bits per heavy atom. The molecular formula is C18H21N3. The lowest BCUT2D eigenvalue weighted by Gasteiger charge is -2.32. The molecule has 1 heterocycles. The molecule has 0 aromatic heterocycles. The third kappa shape index (κ3) is 2.86. The molecule has 1 saturated heterocycles. The van der Waals surface area contributed by atoms with E-state index < -0.39 is 0 Å². The molecule has 1 atom stereocenters. The average Bonchev–Trinajstić information content (AvgIpc) is 2.54. The summed E-state index contributed by atoms with van der Waals surface area (Å²) in [6.07, 6.45) is 3.90. The predicted molar refractivity (Wildman–Crippen MR) is 87.4 cm³/mol. The highest BCUT2D eigenvalue weighted by molar-refractivity contribution is 5.97. The molecule has 3 rings (SSSR count). The van der Waals surface area contributed by atoms with E-state index >= 15 is 0 Å². The fourth-order valence-electron chi connectivity index (χ4n) is 3.18. The largest absolute Gasteiger partial charge is 0.383 e. The number of rotatable bonds is 3. The van der Waals surface area contributed by atoms with Gasteiger partial charge in [0, 0.05) is 29.0 Å². The van der Waals surface area contributed by atoms with E-state index in [0.717, 1.165) is 28.6 Å². The molecule has 1 fully saturated rings. The number of likely N-dealkylation sites (N-methyl/N-ethyl adjacent to an activating group) is 1. The zero-order chi connectivity index (χ0) is 14.7. The van der Waals surface area contributed by atoms with Crippen LogP contribution in [0.25, 0.3) is 10.8 Å². The first-order chi connectivity index (χ1) is 10.3. The van der Waals surface area contributed by atoms with Gasteiger partial charge in [-0.05, 0) is 38.6 Å². The molecule has 1 N–H and O–H groups in total. The minimum atomic E-state index is 0.605. The van der Waals surface area contributed by atoms with Crippen molar-refractivity contribution in [2.75, 3.05) is 25.5 Å². The highest BCUT2D eigenvalue weighted by atomic mass is 15.2. The Balaban J connectivity index is 1.83. The molecule has 108 valence electrons. The molecule has 2 aromatic rings. The zero-order valence-corrected chi connectivity index (χ0v) is 12.5. The van der Waals surface area contributed by atoms with Crippen LogP contribution in [-0.4, -0.2) is 31.1 Å². The molecule has 1 aliphatic rings. The summed E-state index contributed by atoms with van der Waals surface area (Å²) < 4.78 is 0. The second-order valence-corrected chi connectivity index (χ2v) is 5.83. The van der Waals surface area contributed by atoms with Crippen molar-refractivity contribution < 1.29 is 0 Å². The minimum absolute atomic E-state index is 0.605. The number of nitrogens with zero attached hydrogens (tertiary/aromatic N) is 2. The van der Waals surface area contributed by atoms with E-state index in [1.54, 1.807) is 0 Å². The van der Waals surface area contributed by atoms with Crippen molar-refractivity contribution in [2.24, 2.45) is 0 Å². The molecule has 21 heavy (non-hydrogen) atoms. The fraction of sp³-hybridized carbons (Fsp3) is 0.389. The molecule has 0 spiro atoms. The Morgan fingerprint density at radius 3 is 2.76 bits per heavy atom. The van der Waals surface area contributed by atoms with Crippen LogP contribution in [0.4, 0.5) is 5.69 Å². The SMILES string of the molecule is CN1CCCCC1CNc1ccc(C#N)c2ccccc12. The number of nitriles is 1. The van der Waals surface area contributed by atoms with E-state index in [1.807, 2.05) is 30.3 Å². The standard InChI is InChI=1S/C18H21N3/c1-21-11-5-4-6-15(21)13-20-18-10-9-14(12-19)16-7-2-3-8-17(16)18/h2-3,7-10,15,20H,4-6,11,13H2,1H3. The number of anilines is 1. The van der Waals surface area contributed by atoms with Crippen molar-refractivity contribution in [3.63, 3.8) is 0 Å². The second kappa shape index (κ2) is 6.15. The van der Waals surface area contributed by atoms with E-state index in [1.165, 1.54) is 25.8 Å². The Hall–Kier alpha value is -2.05. The van der Waals surface area contributed by atoms with Gasteiger partial charge in [0.1, 0.15) is 0 Å². The quantitative estimate of drug-likeness (QED) is 0.933. The molecule has 1 aliphatic heterocycles. The number of benzene rings is 2. The van der Waals surface area contributed by atoms with Crippen molar-refractivity contribution in [1.29, 1.82) is 5.26 Å². The lowest BCUT2D eigenvalue weighted by Crippen LogP contribution is -2.40. The summed E-state index contributed by atoms with van der Waals surface area (Å²) in [5.74, 6) is 0. The van der Waals surface area contributed by atoms with E-state index in [0.29, 0.717) is 6.04 Å². The highest BCUT2D eigenvalue weighted by Gasteiger charge is 2.18. The van der Waals surface area contributed by atoms with Gasteiger partial charge in [-0.15, -0.1) is 0 Å². The molecule has 0 saturated carbocycles. The molecule has 2 aromatic carbocycles. The predicted octanol–water partition coefficient (Wildman–Crippen LogP) is 3.61. The summed E-state index contributed by atoms with van der Waals surface area (Å²) in [7, 11) is 2.21. The van der Waals surface area contributed by atoms with Crippen LogP contribution < -0.4 is 5.32 Å². The van der Waals surface area contributed by atoms with E-state index in [4.69, 9.17) is 0 Å². The van der Waals surface area contributed by atoms with Gasteiger partial charge in [0.15, 0.2) is 0 Å². The number of piperidine rings is 1. The van der Waals surface area contributed by atoms with Crippen LogP contribution >= 0.6 is 0 Å². The maximum atomic E-state index is 9.22. The van der Waals surface area contributed by atoms with Gasteiger partial charge < -0.3 is 10.2 Å². The van der Waals surface area contributed by atoms with Crippen LogP contribution in [0.5, 0.6) is 0 Å². The molecule has 1 unspecified atom stereocenters. The number of fused-ring (bicyclic) bond motifs is 1. The number of hydrogen-bond acceptors (Lipinski definition) is 3. The first-order valence-electron chi connectivity index (χ1n) is 7.65. The van der Waals surface area contributed by atoms with E-state index in [2.05, 4.69) is 29.4 Å². The molecule has 3 nitrogen and oxygen atoms in total. The number of likely N-dealkylation sites (tertiary alicyclic amines) is 1. The smallest absolute Gasteiger partial charge is 0.0998 e. The van der Waals surface area contributed by atoms with Crippen molar-refractivity contribution >= 4 is 16.5 Å². The average molecular weight is 279 g/mol. The Labute approximate surface area is 126 Å². The van der Waals surface area contributed by atoms with Crippen LogP contribution in [-0.2, 0) is 0 Å². The van der Waals surface area contributed by atoms with Gasteiger partial charge >= 0.3 is 0 Å². The van der Waals surface area contributed by atoms with E-state index in [-0.39, 0.29) is 0 Å². The second-order valence-electron chi connectivity index (χ2n) is 5.83.